The van der Waals surface area contributed by atoms with Crippen molar-refractivity contribution in [3.05, 3.63) is 46.5 Å². The Morgan fingerprint density at radius 2 is 2.00 bits per heavy atom. The second-order valence-corrected chi connectivity index (χ2v) is 6.50. The highest BCUT2D eigenvalue weighted by Gasteiger charge is 2.34. The van der Waals surface area contributed by atoms with Crippen molar-refractivity contribution in [2.24, 2.45) is 0 Å². The molecule has 1 aromatic carbocycles. The number of halogens is 2. The van der Waals surface area contributed by atoms with Crippen LogP contribution in [0.2, 0.25) is 5.02 Å². The van der Waals surface area contributed by atoms with Gasteiger partial charge in [-0.15, -0.1) is 12.4 Å². The van der Waals surface area contributed by atoms with Crippen molar-refractivity contribution in [3.63, 3.8) is 0 Å². The molecule has 2 atom stereocenters. The molecule has 8 heteroatoms. The second-order valence-electron chi connectivity index (χ2n) is 5.46. The molecule has 5 nitrogen and oxygen atoms in total. The van der Waals surface area contributed by atoms with Crippen molar-refractivity contribution in [3.8, 4) is 0 Å². The van der Waals surface area contributed by atoms with Crippen molar-refractivity contribution in [2.45, 2.75) is 17.7 Å². The van der Waals surface area contributed by atoms with Gasteiger partial charge < -0.3 is 9.47 Å². The van der Waals surface area contributed by atoms with Crippen LogP contribution in [-0.4, -0.2) is 49.4 Å². The van der Waals surface area contributed by atoms with Crippen LogP contribution in [0.15, 0.2) is 35.9 Å². The molecule has 1 aliphatic rings. The Balaban J connectivity index is 0.00000312. The third-order valence-corrected chi connectivity index (χ3v) is 4.93. The lowest BCUT2D eigenvalue weighted by atomic mass is 9.98. The average molecular weight is 406 g/mol. The van der Waals surface area contributed by atoms with Gasteiger partial charge in [-0.25, -0.2) is 9.59 Å². The zero-order chi connectivity index (χ0) is 17.7. The molecular weight excluding hydrogens is 385 g/mol. The summed E-state index contributed by atoms with van der Waals surface area (Å²) < 4.78 is 9.66. The van der Waals surface area contributed by atoms with Gasteiger partial charge in [-0.3, -0.25) is 4.90 Å². The van der Waals surface area contributed by atoms with Gasteiger partial charge in [0.15, 0.2) is 0 Å². The number of nitrogens with zero attached hydrogens (tertiary/aromatic N) is 1. The van der Waals surface area contributed by atoms with Crippen molar-refractivity contribution < 1.29 is 19.1 Å². The Labute approximate surface area is 164 Å². The van der Waals surface area contributed by atoms with Crippen LogP contribution in [0, 0.1) is 0 Å². The Kier molecular flexibility index (Phi) is 8.79. The highest BCUT2D eigenvalue weighted by molar-refractivity contribution is 7.81. The highest BCUT2D eigenvalue weighted by atomic mass is 35.5. The zero-order valence-corrected chi connectivity index (χ0v) is 16.4. The second kappa shape index (κ2) is 10.1. The number of rotatable bonds is 4. The Morgan fingerprint density at radius 3 is 2.60 bits per heavy atom. The minimum Gasteiger partial charge on any atom is -0.468 e. The van der Waals surface area contributed by atoms with Gasteiger partial charge in [0.2, 0.25) is 0 Å². The molecule has 138 valence electrons. The third kappa shape index (κ3) is 5.38. The first kappa shape index (κ1) is 21.8. The largest absolute Gasteiger partial charge is 0.468 e. The fourth-order valence-electron chi connectivity index (χ4n) is 2.75. The number of ether oxygens (including phenoxy) is 2. The molecule has 0 aliphatic carbocycles. The molecule has 25 heavy (non-hydrogen) atoms. The van der Waals surface area contributed by atoms with E-state index in [-0.39, 0.29) is 17.7 Å². The summed E-state index contributed by atoms with van der Waals surface area (Å²) in [4.78, 5) is 25.9. The van der Waals surface area contributed by atoms with Gasteiger partial charge in [0.25, 0.3) is 0 Å². The van der Waals surface area contributed by atoms with E-state index in [1.807, 2.05) is 17.0 Å². The Hall–Kier alpha value is -1.21. The third-order valence-electron chi connectivity index (χ3n) is 4.00. The summed E-state index contributed by atoms with van der Waals surface area (Å²) >= 11 is 10.8. The van der Waals surface area contributed by atoms with Crippen LogP contribution in [0.1, 0.15) is 18.0 Å². The van der Waals surface area contributed by atoms with Crippen molar-refractivity contribution in [1.29, 1.82) is 0 Å². The quantitative estimate of drug-likeness (QED) is 0.473. The van der Waals surface area contributed by atoms with Gasteiger partial charge in [0.05, 0.1) is 14.2 Å². The molecule has 0 spiro atoms. The molecule has 0 bridgehead atoms. The fourth-order valence-corrected chi connectivity index (χ4v) is 3.26. The molecule has 2 unspecified atom stereocenters. The van der Waals surface area contributed by atoms with Crippen LogP contribution in [0.5, 0.6) is 0 Å². The molecule has 1 fully saturated rings. The van der Waals surface area contributed by atoms with Crippen molar-refractivity contribution >= 4 is 48.6 Å². The first-order valence-electron chi connectivity index (χ1n) is 7.50. The molecule has 1 heterocycles. The first-order valence-corrected chi connectivity index (χ1v) is 8.40. The average Bonchev–Trinajstić information content (AvgIpc) is 2.59. The maximum atomic E-state index is 12.4. The number of hydrogen-bond donors (Lipinski definition) is 1. The van der Waals surface area contributed by atoms with Crippen LogP contribution in [0.25, 0.3) is 0 Å². The van der Waals surface area contributed by atoms with Gasteiger partial charge in [0, 0.05) is 29.4 Å². The maximum absolute atomic E-state index is 12.4. The molecule has 0 N–H and O–H groups in total. The van der Waals surface area contributed by atoms with Crippen molar-refractivity contribution in [2.75, 3.05) is 27.3 Å². The van der Waals surface area contributed by atoms with E-state index in [1.54, 1.807) is 12.1 Å². The summed E-state index contributed by atoms with van der Waals surface area (Å²) in [6, 6.07) is 6.55. The van der Waals surface area contributed by atoms with Gasteiger partial charge >= 0.3 is 11.9 Å². The van der Waals surface area contributed by atoms with E-state index < -0.39 is 18.0 Å². The summed E-state index contributed by atoms with van der Waals surface area (Å²) in [7, 11) is 2.68. The molecule has 0 saturated carbocycles. The number of carbonyl (C=O) groups excluding carboxylic acids is 2. The summed E-state index contributed by atoms with van der Waals surface area (Å²) in [6.07, 6.45) is 2.13. The number of carbonyl (C=O) groups is 2. The molecule has 2 rings (SSSR count). The molecular formula is C17H21Cl2NO4S. The number of piperidine rings is 1. The van der Waals surface area contributed by atoms with Gasteiger partial charge in [0.1, 0.15) is 6.04 Å². The van der Waals surface area contributed by atoms with E-state index in [2.05, 4.69) is 17.4 Å². The van der Waals surface area contributed by atoms with Gasteiger partial charge in [-0.1, -0.05) is 29.8 Å². The minimum absolute atomic E-state index is 0. The molecule has 1 aromatic rings. The summed E-state index contributed by atoms with van der Waals surface area (Å²) in [5.41, 5.74) is 1.48. The predicted octanol–water partition coefficient (Wildman–Crippen LogP) is 3.08. The number of benzene rings is 1. The smallest absolute Gasteiger partial charge is 0.330 e. The number of esters is 2. The van der Waals surface area contributed by atoms with Crippen LogP contribution in [0.4, 0.5) is 0 Å². The van der Waals surface area contributed by atoms with Crippen molar-refractivity contribution in [1.82, 2.24) is 4.90 Å². The van der Waals surface area contributed by atoms with E-state index in [1.165, 1.54) is 20.3 Å². The van der Waals surface area contributed by atoms with Gasteiger partial charge in [-0.2, -0.15) is 12.6 Å². The minimum atomic E-state index is -0.634. The number of likely N-dealkylation sites (tertiary alicyclic amines) is 1. The standard InChI is InChI=1S/C17H20ClNO4S.ClH/c1-22-15(20)9-11-10-19(8-7-14(11)24)16(17(21)23-2)12-5-3-4-6-13(12)18;/h3-6,9,14,16,24H,7-8,10H2,1-2H3;1H/b11-9-;. The topological polar surface area (TPSA) is 55.8 Å². The summed E-state index contributed by atoms with van der Waals surface area (Å²) in [5.74, 6) is -0.823. The lowest BCUT2D eigenvalue weighted by molar-refractivity contribution is -0.147. The van der Waals surface area contributed by atoms with Crippen LogP contribution >= 0.6 is 36.6 Å². The summed E-state index contributed by atoms with van der Waals surface area (Å²) in [6.45, 7) is 1.05. The summed E-state index contributed by atoms with van der Waals surface area (Å²) in [5, 5.41) is 0.448. The number of methoxy groups -OCH3 is 2. The molecule has 0 aromatic heterocycles. The number of thiol groups is 1. The van der Waals surface area contributed by atoms with Crippen LogP contribution < -0.4 is 0 Å². The number of hydrogen-bond acceptors (Lipinski definition) is 6. The van der Waals surface area contributed by atoms with Crippen LogP contribution in [-0.2, 0) is 19.1 Å². The normalized spacial score (nSPS) is 20.5. The van der Waals surface area contributed by atoms with E-state index in [9.17, 15) is 9.59 Å². The lowest BCUT2D eigenvalue weighted by Gasteiger charge is -2.36. The highest BCUT2D eigenvalue weighted by Crippen LogP contribution is 2.33. The molecule has 1 saturated heterocycles. The fraction of sp³-hybridized carbons (Fsp3) is 0.412. The molecule has 1 aliphatic heterocycles. The van der Waals surface area contributed by atoms with E-state index in [0.717, 1.165) is 5.57 Å². The van der Waals surface area contributed by atoms with E-state index >= 15 is 0 Å². The zero-order valence-electron chi connectivity index (χ0n) is 14.0. The Bertz CT molecular complexity index is 653. The van der Waals surface area contributed by atoms with E-state index in [4.69, 9.17) is 16.3 Å². The van der Waals surface area contributed by atoms with Gasteiger partial charge in [-0.05, 0) is 23.6 Å². The maximum Gasteiger partial charge on any atom is 0.330 e. The molecule has 0 radical (unpaired) electrons. The van der Waals surface area contributed by atoms with E-state index in [0.29, 0.717) is 30.1 Å². The van der Waals surface area contributed by atoms with Crippen LogP contribution in [0.3, 0.4) is 0 Å². The molecule has 0 amide bonds. The SMILES string of the molecule is COC(=O)/C=C1/CN(C(C(=O)OC)c2ccccc2Cl)CCC1S.Cl. The first-order chi connectivity index (χ1) is 11.5. The lowest BCUT2D eigenvalue weighted by Crippen LogP contribution is -2.42. The Morgan fingerprint density at radius 1 is 1.32 bits per heavy atom. The predicted molar refractivity (Wildman–Crippen MR) is 103 cm³/mol. The monoisotopic (exact) mass is 405 g/mol.